The van der Waals surface area contributed by atoms with Crippen molar-refractivity contribution < 1.29 is 13.9 Å². The molecule has 1 aromatic heterocycles. The van der Waals surface area contributed by atoms with Gasteiger partial charge in [0.2, 0.25) is 5.88 Å². The molecule has 0 aliphatic heterocycles. The number of pyridine rings is 1. The number of nitrogens with zero attached hydrogens (tertiary/aromatic N) is 1. The van der Waals surface area contributed by atoms with Gasteiger partial charge in [-0.05, 0) is 11.6 Å². The van der Waals surface area contributed by atoms with Crippen molar-refractivity contribution in [3.63, 3.8) is 0 Å². The minimum atomic E-state index is -0.380. The van der Waals surface area contributed by atoms with Crippen molar-refractivity contribution >= 4 is 13.3 Å². The lowest BCUT2D eigenvalue weighted by Crippen LogP contribution is -2.08. The summed E-state index contributed by atoms with van der Waals surface area (Å²) in [6.07, 6.45) is 1.84. The molecule has 2 rings (SSSR count). The molecule has 0 atom stereocenters. The summed E-state index contributed by atoms with van der Waals surface area (Å²) in [5, 5.41) is 0. The van der Waals surface area contributed by atoms with Gasteiger partial charge in [0.05, 0.1) is 14.2 Å². The molecule has 0 N–H and O–H groups in total. The number of halogens is 1. The highest BCUT2D eigenvalue weighted by Crippen LogP contribution is 2.24. The summed E-state index contributed by atoms with van der Waals surface area (Å²) in [7, 11) is 8.65. The van der Waals surface area contributed by atoms with Crippen molar-refractivity contribution in [2.75, 3.05) is 14.2 Å². The molecule has 0 unspecified atom stereocenters. The first-order valence-corrected chi connectivity index (χ1v) is 5.75. The van der Waals surface area contributed by atoms with E-state index >= 15 is 0 Å². The van der Waals surface area contributed by atoms with E-state index in [-0.39, 0.29) is 11.6 Å². The highest BCUT2D eigenvalue weighted by atomic mass is 19.1. The predicted molar refractivity (Wildman–Crippen MR) is 71.9 cm³/mol. The second kappa shape index (κ2) is 5.74. The molecule has 1 heterocycles. The van der Waals surface area contributed by atoms with E-state index in [9.17, 15) is 4.39 Å². The van der Waals surface area contributed by atoms with Gasteiger partial charge in [-0.3, -0.25) is 0 Å². The minimum absolute atomic E-state index is 0.216. The van der Waals surface area contributed by atoms with Crippen molar-refractivity contribution in [3.8, 4) is 11.6 Å². The van der Waals surface area contributed by atoms with Crippen LogP contribution in [0.3, 0.4) is 0 Å². The molecule has 0 saturated heterocycles. The second-order valence-electron chi connectivity index (χ2n) is 4.05. The van der Waals surface area contributed by atoms with Crippen molar-refractivity contribution in [2.45, 2.75) is 6.42 Å². The Morgan fingerprint density at radius 3 is 2.68 bits per heavy atom. The van der Waals surface area contributed by atoms with E-state index in [1.807, 2.05) is 0 Å². The smallest absolute Gasteiger partial charge is 0.216 e. The van der Waals surface area contributed by atoms with Gasteiger partial charge >= 0.3 is 0 Å². The molecule has 1 aromatic carbocycles. The molecule has 0 spiro atoms. The third-order valence-corrected chi connectivity index (χ3v) is 2.78. The summed E-state index contributed by atoms with van der Waals surface area (Å²) in [5.74, 6) is 0.277. The van der Waals surface area contributed by atoms with E-state index in [2.05, 4.69) is 4.98 Å². The highest BCUT2D eigenvalue weighted by Gasteiger charge is 2.12. The average Bonchev–Trinajstić information content (AvgIpc) is 2.41. The van der Waals surface area contributed by atoms with Crippen LogP contribution in [0, 0.1) is 5.82 Å². The Kier molecular flexibility index (Phi) is 4.05. The molecule has 0 saturated carbocycles. The fourth-order valence-corrected chi connectivity index (χ4v) is 1.88. The summed E-state index contributed by atoms with van der Waals surface area (Å²) < 4.78 is 24.2. The SMILES string of the molecule is [B]c1cnc(OC)c(Cc2cccc(OC)c2F)c1. The Bertz CT molecular complexity index is 590. The zero-order valence-corrected chi connectivity index (χ0v) is 10.8. The summed E-state index contributed by atoms with van der Waals surface area (Å²) in [4.78, 5) is 4.06. The first-order chi connectivity index (χ1) is 9.15. The Hall–Kier alpha value is -2.04. The third-order valence-electron chi connectivity index (χ3n) is 2.78. The maximum atomic E-state index is 14.1. The average molecular weight is 257 g/mol. The predicted octanol–water partition coefficient (Wildman–Crippen LogP) is 1.62. The number of ether oxygens (including phenoxy) is 2. The quantitative estimate of drug-likeness (QED) is 0.780. The normalized spacial score (nSPS) is 10.3. The molecular formula is C14H13BFNO2. The molecule has 2 aromatic rings. The highest BCUT2D eigenvalue weighted by molar-refractivity contribution is 6.32. The Morgan fingerprint density at radius 2 is 2.00 bits per heavy atom. The van der Waals surface area contributed by atoms with Crippen LogP contribution >= 0.6 is 0 Å². The van der Waals surface area contributed by atoms with Crippen molar-refractivity contribution in [3.05, 3.63) is 47.4 Å². The largest absolute Gasteiger partial charge is 0.494 e. The van der Waals surface area contributed by atoms with Gasteiger partial charge in [0.1, 0.15) is 7.85 Å². The lowest BCUT2D eigenvalue weighted by atomic mass is 9.95. The van der Waals surface area contributed by atoms with Gasteiger partial charge in [0, 0.05) is 18.2 Å². The Balaban J connectivity index is 2.38. The van der Waals surface area contributed by atoms with E-state index in [4.69, 9.17) is 17.3 Å². The number of rotatable bonds is 4. The summed E-state index contributed by atoms with van der Waals surface area (Å²) >= 11 is 0. The lowest BCUT2D eigenvalue weighted by molar-refractivity contribution is 0.383. The van der Waals surface area contributed by atoms with Crippen LogP contribution in [0.2, 0.25) is 0 Å². The molecule has 0 amide bonds. The second-order valence-corrected chi connectivity index (χ2v) is 4.05. The van der Waals surface area contributed by atoms with Crippen LogP contribution in [0.15, 0.2) is 30.5 Å². The fraction of sp³-hybridized carbons (Fsp3) is 0.214. The van der Waals surface area contributed by atoms with Crippen molar-refractivity contribution in [1.29, 1.82) is 0 Å². The van der Waals surface area contributed by atoms with Crippen LogP contribution in [-0.2, 0) is 6.42 Å². The zero-order chi connectivity index (χ0) is 13.8. The van der Waals surface area contributed by atoms with Crippen LogP contribution in [0.4, 0.5) is 4.39 Å². The molecule has 0 aliphatic carbocycles. The van der Waals surface area contributed by atoms with Gasteiger partial charge in [-0.25, -0.2) is 9.37 Å². The zero-order valence-electron chi connectivity index (χ0n) is 10.8. The summed E-state index contributed by atoms with van der Waals surface area (Å²) in [6.45, 7) is 0. The molecule has 19 heavy (non-hydrogen) atoms. The molecule has 0 fully saturated rings. The topological polar surface area (TPSA) is 31.4 Å². The van der Waals surface area contributed by atoms with Crippen LogP contribution in [0.5, 0.6) is 11.6 Å². The van der Waals surface area contributed by atoms with E-state index in [0.717, 1.165) is 5.56 Å². The molecule has 5 heteroatoms. The molecule has 0 bridgehead atoms. The standard InChI is InChI=1S/C14H13BFNO2/c1-18-12-5-3-4-9(13(12)16)6-10-7-11(15)8-17-14(10)19-2/h3-5,7-8H,6H2,1-2H3. The number of hydrogen-bond acceptors (Lipinski definition) is 3. The van der Waals surface area contributed by atoms with Gasteiger partial charge in [-0.2, -0.15) is 0 Å². The number of methoxy groups -OCH3 is 2. The number of hydrogen-bond donors (Lipinski definition) is 0. The Labute approximate surface area is 112 Å². The van der Waals surface area contributed by atoms with E-state index in [0.29, 0.717) is 23.3 Å². The van der Waals surface area contributed by atoms with Crippen molar-refractivity contribution in [1.82, 2.24) is 4.98 Å². The molecule has 0 aliphatic rings. The van der Waals surface area contributed by atoms with Crippen LogP contribution in [0.25, 0.3) is 0 Å². The van der Waals surface area contributed by atoms with Gasteiger partial charge in [0.25, 0.3) is 0 Å². The molecule has 96 valence electrons. The first kappa shape index (κ1) is 13.4. The number of aromatic nitrogens is 1. The monoisotopic (exact) mass is 257 g/mol. The maximum absolute atomic E-state index is 14.1. The van der Waals surface area contributed by atoms with Gasteiger partial charge in [-0.15, -0.1) is 0 Å². The van der Waals surface area contributed by atoms with Crippen LogP contribution < -0.4 is 14.9 Å². The Morgan fingerprint density at radius 1 is 1.21 bits per heavy atom. The summed E-state index contributed by atoms with van der Waals surface area (Å²) in [6, 6.07) is 6.74. The van der Waals surface area contributed by atoms with Gasteiger partial charge < -0.3 is 9.47 Å². The minimum Gasteiger partial charge on any atom is -0.494 e. The van der Waals surface area contributed by atoms with Crippen LogP contribution in [0.1, 0.15) is 11.1 Å². The maximum Gasteiger partial charge on any atom is 0.216 e. The van der Waals surface area contributed by atoms with Gasteiger partial charge in [-0.1, -0.05) is 23.7 Å². The molecule has 2 radical (unpaired) electrons. The van der Waals surface area contributed by atoms with E-state index < -0.39 is 0 Å². The van der Waals surface area contributed by atoms with E-state index in [1.165, 1.54) is 20.4 Å². The summed E-state index contributed by atoms with van der Waals surface area (Å²) in [5.41, 5.74) is 1.75. The number of benzene rings is 1. The van der Waals surface area contributed by atoms with E-state index in [1.54, 1.807) is 24.3 Å². The molecular weight excluding hydrogens is 244 g/mol. The fourth-order valence-electron chi connectivity index (χ4n) is 1.88. The first-order valence-electron chi connectivity index (χ1n) is 5.75. The van der Waals surface area contributed by atoms with Crippen molar-refractivity contribution in [2.24, 2.45) is 0 Å². The molecule has 3 nitrogen and oxygen atoms in total. The lowest BCUT2D eigenvalue weighted by Gasteiger charge is -2.10. The van der Waals surface area contributed by atoms with Gasteiger partial charge in [0.15, 0.2) is 11.6 Å². The third kappa shape index (κ3) is 2.87. The van der Waals surface area contributed by atoms with Crippen LogP contribution in [-0.4, -0.2) is 27.0 Å².